The van der Waals surface area contributed by atoms with E-state index < -0.39 is 0 Å². The number of thiophene rings is 1. The van der Waals surface area contributed by atoms with Crippen molar-refractivity contribution in [3.05, 3.63) is 77.3 Å². The van der Waals surface area contributed by atoms with Gasteiger partial charge in [-0.2, -0.15) is 0 Å². The van der Waals surface area contributed by atoms with Crippen LogP contribution in [-0.2, 0) is 0 Å². The Morgan fingerprint density at radius 1 is 0.913 bits per heavy atom. The Labute approximate surface area is 144 Å². The Balaban J connectivity index is 1.80. The molecule has 0 aliphatic rings. The lowest BCUT2D eigenvalue weighted by Gasteiger charge is -2.08. The minimum Gasteiger partial charge on any atom is -0.284 e. The molecular formula is C20H17NS2. The lowest BCUT2D eigenvalue weighted by molar-refractivity contribution is 1.20. The molecule has 0 fully saturated rings. The van der Waals surface area contributed by atoms with Crippen molar-refractivity contribution in [1.82, 2.24) is 3.97 Å². The first kappa shape index (κ1) is 14.6. The summed E-state index contributed by atoms with van der Waals surface area (Å²) >= 11 is 3.57. The summed E-state index contributed by atoms with van der Waals surface area (Å²) in [4.78, 5) is 2.58. The molecular weight excluding hydrogens is 318 g/mol. The molecule has 114 valence electrons. The molecule has 2 aromatic carbocycles. The summed E-state index contributed by atoms with van der Waals surface area (Å²) < 4.78 is 2.33. The van der Waals surface area contributed by atoms with Gasteiger partial charge in [0.15, 0.2) is 0 Å². The van der Waals surface area contributed by atoms with Gasteiger partial charge in [-0.25, -0.2) is 0 Å². The molecule has 2 heterocycles. The van der Waals surface area contributed by atoms with Crippen LogP contribution in [0.4, 0.5) is 0 Å². The molecule has 2 aromatic heterocycles. The Bertz CT molecular complexity index is 947. The van der Waals surface area contributed by atoms with Crippen molar-refractivity contribution < 1.29 is 0 Å². The van der Waals surface area contributed by atoms with Crippen molar-refractivity contribution in [3.63, 3.8) is 0 Å². The summed E-state index contributed by atoms with van der Waals surface area (Å²) in [5, 5.41) is 3.42. The number of aryl methyl sites for hydroxylation is 2. The summed E-state index contributed by atoms with van der Waals surface area (Å²) in [5.41, 5.74) is 5.13. The first-order valence-electron chi connectivity index (χ1n) is 7.62. The second-order valence-electron chi connectivity index (χ2n) is 5.74. The molecule has 0 unspecified atom stereocenters. The van der Waals surface area contributed by atoms with Gasteiger partial charge in [0.2, 0.25) is 0 Å². The van der Waals surface area contributed by atoms with Crippen molar-refractivity contribution in [3.8, 4) is 10.4 Å². The molecule has 0 amide bonds. The summed E-state index contributed by atoms with van der Waals surface area (Å²) in [6.45, 7) is 4.30. The fourth-order valence-corrected chi connectivity index (χ4v) is 4.38. The number of benzene rings is 2. The standard InChI is InChI=1S/C20H17NS2/c1-14-5-9-18(10-6-14)23-21-15(2)12-16-7-8-17(13-19(16)21)20-4-3-11-22-20/h3-13H,1-2H3. The van der Waals surface area contributed by atoms with Gasteiger partial charge in [-0.15, -0.1) is 11.3 Å². The van der Waals surface area contributed by atoms with Crippen LogP contribution in [0.3, 0.4) is 0 Å². The van der Waals surface area contributed by atoms with Gasteiger partial charge >= 0.3 is 0 Å². The van der Waals surface area contributed by atoms with Gasteiger partial charge in [0.05, 0.1) is 5.52 Å². The minimum atomic E-state index is 1.26. The van der Waals surface area contributed by atoms with E-state index in [-0.39, 0.29) is 0 Å². The molecule has 4 aromatic rings. The Hall–Kier alpha value is -1.97. The van der Waals surface area contributed by atoms with Gasteiger partial charge in [-0.3, -0.25) is 3.97 Å². The van der Waals surface area contributed by atoms with Gasteiger partial charge in [0.25, 0.3) is 0 Å². The number of hydrogen-bond donors (Lipinski definition) is 0. The number of nitrogens with zero attached hydrogens (tertiary/aromatic N) is 1. The maximum atomic E-state index is 2.33. The second-order valence-corrected chi connectivity index (χ2v) is 7.70. The summed E-state index contributed by atoms with van der Waals surface area (Å²) in [6.07, 6.45) is 0. The molecule has 0 saturated heterocycles. The molecule has 0 atom stereocenters. The van der Waals surface area contributed by atoms with E-state index in [9.17, 15) is 0 Å². The molecule has 0 spiro atoms. The molecule has 4 rings (SSSR count). The smallest absolute Gasteiger partial charge is 0.0604 e. The molecule has 1 nitrogen and oxygen atoms in total. The fourth-order valence-electron chi connectivity index (χ4n) is 2.74. The molecule has 0 aliphatic heterocycles. The molecule has 0 N–H and O–H groups in total. The predicted molar refractivity (Wildman–Crippen MR) is 102 cm³/mol. The molecule has 3 heteroatoms. The molecule has 0 saturated carbocycles. The van der Waals surface area contributed by atoms with Crippen LogP contribution in [0.15, 0.2) is 70.9 Å². The normalized spacial score (nSPS) is 11.2. The van der Waals surface area contributed by atoms with Crippen LogP contribution in [0.2, 0.25) is 0 Å². The van der Waals surface area contributed by atoms with Crippen LogP contribution < -0.4 is 0 Å². The van der Waals surface area contributed by atoms with Crippen molar-refractivity contribution in [2.24, 2.45) is 0 Å². The zero-order valence-electron chi connectivity index (χ0n) is 13.1. The lowest BCUT2D eigenvalue weighted by atomic mass is 10.1. The highest BCUT2D eigenvalue weighted by atomic mass is 32.2. The fraction of sp³-hybridized carbons (Fsp3) is 0.100. The molecule has 23 heavy (non-hydrogen) atoms. The molecule has 0 aliphatic carbocycles. The van der Waals surface area contributed by atoms with Gasteiger partial charge in [-0.05, 0) is 67.1 Å². The Kier molecular flexibility index (Phi) is 3.76. The van der Waals surface area contributed by atoms with E-state index in [1.54, 1.807) is 23.3 Å². The van der Waals surface area contributed by atoms with Crippen LogP contribution in [0, 0.1) is 13.8 Å². The van der Waals surface area contributed by atoms with Crippen LogP contribution in [0.25, 0.3) is 21.3 Å². The highest BCUT2D eigenvalue weighted by Crippen LogP contribution is 2.33. The highest BCUT2D eigenvalue weighted by Gasteiger charge is 2.09. The maximum absolute atomic E-state index is 2.33. The highest BCUT2D eigenvalue weighted by molar-refractivity contribution is 7.98. The molecule has 0 bridgehead atoms. The van der Waals surface area contributed by atoms with E-state index in [1.807, 2.05) is 0 Å². The third kappa shape index (κ3) is 2.82. The zero-order chi connectivity index (χ0) is 15.8. The SMILES string of the molecule is Cc1ccc(Sn2c(C)cc3ccc(-c4cccs4)cc32)cc1. The van der Waals surface area contributed by atoms with E-state index >= 15 is 0 Å². The summed E-state index contributed by atoms with van der Waals surface area (Å²) in [5.74, 6) is 0. The zero-order valence-corrected chi connectivity index (χ0v) is 14.7. The van der Waals surface area contributed by atoms with Gasteiger partial charge < -0.3 is 0 Å². The van der Waals surface area contributed by atoms with Crippen LogP contribution in [0.5, 0.6) is 0 Å². The van der Waals surface area contributed by atoms with Gasteiger partial charge in [0, 0.05) is 20.9 Å². The van der Waals surface area contributed by atoms with Crippen LogP contribution >= 0.6 is 23.3 Å². The van der Waals surface area contributed by atoms with Crippen molar-refractivity contribution in [2.75, 3.05) is 0 Å². The summed E-state index contributed by atoms with van der Waals surface area (Å²) in [6, 6.07) is 22.0. The average Bonchev–Trinajstić information content (AvgIpc) is 3.18. The van der Waals surface area contributed by atoms with E-state index in [0.29, 0.717) is 0 Å². The quantitative estimate of drug-likeness (QED) is 0.411. The lowest BCUT2D eigenvalue weighted by Crippen LogP contribution is -1.89. The van der Waals surface area contributed by atoms with Crippen molar-refractivity contribution >= 4 is 34.2 Å². The molecule has 0 radical (unpaired) electrons. The third-order valence-electron chi connectivity index (χ3n) is 3.96. The monoisotopic (exact) mass is 335 g/mol. The van der Waals surface area contributed by atoms with E-state index in [4.69, 9.17) is 0 Å². The van der Waals surface area contributed by atoms with Gasteiger partial charge in [-0.1, -0.05) is 35.9 Å². The van der Waals surface area contributed by atoms with Crippen LogP contribution in [-0.4, -0.2) is 3.97 Å². The third-order valence-corrected chi connectivity index (χ3v) is 6.03. The minimum absolute atomic E-state index is 1.26. The second kappa shape index (κ2) is 5.91. The van der Waals surface area contributed by atoms with Crippen LogP contribution in [0.1, 0.15) is 11.3 Å². The summed E-state index contributed by atoms with van der Waals surface area (Å²) in [7, 11) is 0. The Morgan fingerprint density at radius 3 is 2.48 bits per heavy atom. The number of hydrogen-bond acceptors (Lipinski definition) is 2. The van der Waals surface area contributed by atoms with Crippen molar-refractivity contribution in [2.45, 2.75) is 18.7 Å². The average molecular weight is 335 g/mol. The number of aromatic nitrogens is 1. The maximum Gasteiger partial charge on any atom is 0.0604 e. The number of rotatable bonds is 3. The number of fused-ring (bicyclic) bond motifs is 1. The first-order chi connectivity index (χ1) is 11.2. The Morgan fingerprint density at radius 2 is 1.74 bits per heavy atom. The predicted octanol–water partition coefficient (Wildman–Crippen LogP) is 6.54. The van der Waals surface area contributed by atoms with E-state index in [2.05, 4.69) is 83.9 Å². The first-order valence-corrected chi connectivity index (χ1v) is 9.27. The van der Waals surface area contributed by atoms with Crippen molar-refractivity contribution in [1.29, 1.82) is 0 Å². The van der Waals surface area contributed by atoms with E-state index in [1.165, 1.54) is 37.5 Å². The van der Waals surface area contributed by atoms with E-state index in [0.717, 1.165) is 0 Å². The topological polar surface area (TPSA) is 4.93 Å². The largest absolute Gasteiger partial charge is 0.284 e. The van der Waals surface area contributed by atoms with Gasteiger partial charge in [0.1, 0.15) is 0 Å².